The molecule has 20 heavy (non-hydrogen) atoms. The van der Waals surface area contributed by atoms with Crippen LogP contribution in [-0.4, -0.2) is 112 Å². The van der Waals surface area contributed by atoms with Crippen LogP contribution in [0.2, 0.25) is 0 Å². The predicted molar refractivity (Wildman–Crippen MR) is 77.6 cm³/mol. The van der Waals surface area contributed by atoms with Gasteiger partial charge in [0.05, 0.1) is 26.4 Å². The molecule has 116 valence electrons. The number of morpholine rings is 2. The van der Waals surface area contributed by atoms with Crippen molar-refractivity contribution in [3.63, 3.8) is 0 Å². The lowest BCUT2D eigenvalue weighted by molar-refractivity contribution is -0.221. The van der Waals surface area contributed by atoms with Crippen molar-refractivity contribution in [3.05, 3.63) is 0 Å². The van der Waals surface area contributed by atoms with Crippen LogP contribution in [0.15, 0.2) is 0 Å². The second-order valence-corrected chi connectivity index (χ2v) is 6.13. The highest BCUT2D eigenvalue weighted by atomic mass is 16.5. The Morgan fingerprint density at radius 1 is 0.700 bits per heavy atom. The van der Waals surface area contributed by atoms with Gasteiger partial charge in [0.25, 0.3) is 0 Å². The van der Waals surface area contributed by atoms with Gasteiger partial charge in [0.1, 0.15) is 5.79 Å². The summed E-state index contributed by atoms with van der Waals surface area (Å²) in [6.45, 7) is 10.8. The molecule has 3 aliphatic rings. The lowest BCUT2D eigenvalue weighted by Crippen LogP contribution is -2.78. The molecule has 0 bridgehead atoms. The van der Waals surface area contributed by atoms with Crippen LogP contribution in [0.1, 0.15) is 0 Å². The van der Waals surface area contributed by atoms with Crippen molar-refractivity contribution in [1.82, 2.24) is 19.6 Å². The Kier molecular flexibility index (Phi) is 4.59. The first-order chi connectivity index (χ1) is 9.73. The zero-order valence-corrected chi connectivity index (χ0v) is 12.9. The van der Waals surface area contributed by atoms with E-state index in [1.165, 1.54) is 0 Å². The number of ether oxygens (including phenoxy) is 2. The standard InChI is InChI=1S/C14H28N4O2/c1-15-3-4-16(2)14(13-15,17-5-9-19-10-6-17)18-7-11-20-12-8-18/h3-13H2,1-2H3. The molecule has 0 N–H and O–H groups in total. The minimum Gasteiger partial charge on any atom is -0.379 e. The van der Waals surface area contributed by atoms with Gasteiger partial charge in [0.2, 0.25) is 0 Å². The van der Waals surface area contributed by atoms with Crippen LogP contribution >= 0.6 is 0 Å². The Morgan fingerprint density at radius 2 is 1.20 bits per heavy atom. The molecule has 0 spiro atoms. The van der Waals surface area contributed by atoms with Crippen LogP contribution < -0.4 is 0 Å². The summed E-state index contributed by atoms with van der Waals surface area (Å²) in [4.78, 5) is 10.3. The van der Waals surface area contributed by atoms with Crippen LogP contribution in [0, 0.1) is 0 Å². The van der Waals surface area contributed by atoms with Gasteiger partial charge in [-0.2, -0.15) is 0 Å². The quantitative estimate of drug-likeness (QED) is 0.659. The van der Waals surface area contributed by atoms with E-state index >= 15 is 0 Å². The fraction of sp³-hybridized carbons (Fsp3) is 1.00. The molecule has 0 unspecified atom stereocenters. The van der Waals surface area contributed by atoms with Gasteiger partial charge >= 0.3 is 0 Å². The summed E-state index contributed by atoms with van der Waals surface area (Å²) < 4.78 is 11.1. The third-order valence-corrected chi connectivity index (χ3v) is 4.95. The van der Waals surface area contributed by atoms with Gasteiger partial charge in [-0.1, -0.05) is 0 Å². The highest BCUT2D eigenvalue weighted by Gasteiger charge is 2.49. The molecule has 3 fully saturated rings. The zero-order valence-electron chi connectivity index (χ0n) is 12.9. The van der Waals surface area contributed by atoms with Gasteiger partial charge in [-0.15, -0.1) is 0 Å². The summed E-state index contributed by atoms with van der Waals surface area (Å²) in [5, 5.41) is 0. The van der Waals surface area contributed by atoms with Crippen molar-refractivity contribution in [2.75, 3.05) is 86.3 Å². The molecule has 3 aliphatic heterocycles. The third-order valence-electron chi connectivity index (χ3n) is 4.95. The van der Waals surface area contributed by atoms with Crippen molar-refractivity contribution in [1.29, 1.82) is 0 Å². The first-order valence-corrected chi connectivity index (χ1v) is 7.79. The molecule has 0 aliphatic carbocycles. The first-order valence-electron chi connectivity index (χ1n) is 7.79. The second-order valence-electron chi connectivity index (χ2n) is 6.13. The van der Waals surface area contributed by atoms with Gasteiger partial charge in [0, 0.05) is 45.8 Å². The van der Waals surface area contributed by atoms with Gasteiger partial charge in [-0.25, -0.2) is 0 Å². The normalized spacial score (nSPS) is 31.5. The van der Waals surface area contributed by atoms with Crippen LogP contribution in [0.4, 0.5) is 0 Å². The number of rotatable bonds is 2. The molecule has 0 saturated carbocycles. The van der Waals surface area contributed by atoms with E-state index in [-0.39, 0.29) is 5.79 Å². The summed E-state index contributed by atoms with van der Waals surface area (Å²) >= 11 is 0. The number of piperazine rings is 1. The van der Waals surface area contributed by atoms with Crippen LogP contribution in [0.5, 0.6) is 0 Å². The fourth-order valence-electron chi connectivity index (χ4n) is 3.79. The van der Waals surface area contributed by atoms with Crippen LogP contribution in [0.3, 0.4) is 0 Å². The van der Waals surface area contributed by atoms with Crippen molar-refractivity contribution < 1.29 is 9.47 Å². The number of nitrogens with zero attached hydrogens (tertiary/aromatic N) is 4. The lowest BCUT2D eigenvalue weighted by Gasteiger charge is -2.60. The Balaban J connectivity index is 1.87. The number of hydrogen-bond donors (Lipinski definition) is 0. The Labute approximate surface area is 122 Å². The smallest absolute Gasteiger partial charge is 0.144 e. The molecule has 0 radical (unpaired) electrons. The van der Waals surface area contributed by atoms with E-state index in [1.807, 2.05) is 0 Å². The zero-order chi connectivity index (χ0) is 14.0. The molecular formula is C14H28N4O2. The number of likely N-dealkylation sites (N-methyl/N-ethyl adjacent to an activating group) is 2. The van der Waals surface area contributed by atoms with Crippen molar-refractivity contribution in [2.45, 2.75) is 5.79 Å². The van der Waals surface area contributed by atoms with Gasteiger partial charge < -0.3 is 14.4 Å². The highest BCUT2D eigenvalue weighted by molar-refractivity contribution is 4.96. The first kappa shape index (κ1) is 14.7. The molecule has 0 amide bonds. The summed E-state index contributed by atoms with van der Waals surface area (Å²) in [5.41, 5.74) is 0. The predicted octanol–water partition coefficient (Wildman–Crippen LogP) is -0.818. The second kappa shape index (κ2) is 6.25. The minimum absolute atomic E-state index is 0.0144. The van der Waals surface area contributed by atoms with E-state index in [9.17, 15) is 0 Å². The maximum absolute atomic E-state index is 5.57. The molecule has 0 atom stereocenters. The Bertz CT molecular complexity index is 298. The minimum atomic E-state index is 0.0144. The van der Waals surface area contributed by atoms with Crippen LogP contribution in [0.25, 0.3) is 0 Å². The molecule has 3 heterocycles. The molecule has 0 aromatic carbocycles. The maximum Gasteiger partial charge on any atom is 0.144 e. The van der Waals surface area contributed by atoms with Gasteiger partial charge in [-0.05, 0) is 14.1 Å². The number of hydrogen-bond acceptors (Lipinski definition) is 6. The Hall–Kier alpha value is -0.240. The SMILES string of the molecule is CN1CCN(C)C(N2CCOCC2)(N2CCOCC2)C1. The molecule has 3 saturated heterocycles. The summed E-state index contributed by atoms with van der Waals surface area (Å²) in [6, 6.07) is 0. The Morgan fingerprint density at radius 3 is 1.70 bits per heavy atom. The average molecular weight is 284 g/mol. The van der Waals surface area contributed by atoms with Crippen molar-refractivity contribution in [2.24, 2.45) is 0 Å². The molecule has 3 rings (SSSR count). The van der Waals surface area contributed by atoms with Crippen molar-refractivity contribution in [3.8, 4) is 0 Å². The maximum atomic E-state index is 5.57. The molecule has 0 aromatic rings. The third kappa shape index (κ3) is 2.61. The summed E-state index contributed by atoms with van der Waals surface area (Å²) in [7, 11) is 4.51. The molecule has 6 heteroatoms. The van der Waals surface area contributed by atoms with Gasteiger partial charge in [0.15, 0.2) is 0 Å². The van der Waals surface area contributed by atoms with E-state index in [0.717, 1.165) is 72.2 Å². The van der Waals surface area contributed by atoms with Crippen molar-refractivity contribution >= 4 is 0 Å². The highest BCUT2D eigenvalue weighted by Crippen LogP contribution is 2.30. The topological polar surface area (TPSA) is 31.4 Å². The fourth-order valence-corrected chi connectivity index (χ4v) is 3.79. The van der Waals surface area contributed by atoms with Crippen LogP contribution in [-0.2, 0) is 9.47 Å². The van der Waals surface area contributed by atoms with E-state index in [1.54, 1.807) is 0 Å². The molecule has 6 nitrogen and oxygen atoms in total. The van der Waals surface area contributed by atoms with E-state index < -0.39 is 0 Å². The largest absolute Gasteiger partial charge is 0.379 e. The van der Waals surface area contributed by atoms with Gasteiger partial charge in [-0.3, -0.25) is 14.7 Å². The average Bonchev–Trinajstić information content (AvgIpc) is 2.51. The van der Waals surface area contributed by atoms with E-state index in [2.05, 4.69) is 33.7 Å². The monoisotopic (exact) mass is 284 g/mol. The molecule has 0 aromatic heterocycles. The molecular weight excluding hydrogens is 256 g/mol. The summed E-state index contributed by atoms with van der Waals surface area (Å²) in [6.07, 6.45) is 0. The lowest BCUT2D eigenvalue weighted by atomic mass is 10.1. The van der Waals surface area contributed by atoms with E-state index in [0.29, 0.717) is 0 Å². The summed E-state index contributed by atoms with van der Waals surface area (Å²) in [5.74, 6) is 0.0144. The van der Waals surface area contributed by atoms with E-state index in [4.69, 9.17) is 9.47 Å².